The van der Waals surface area contributed by atoms with Gasteiger partial charge in [-0.05, 0) is 58.1 Å². The van der Waals surface area contributed by atoms with Crippen LogP contribution in [0.5, 0.6) is 0 Å². The second-order valence-corrected chi connectivity index (χ2v) is 11.9. The number of hydrogen-bond donors (Lipinski definition) is 0. The van der Waals surface area contributed by atoms with Gasteiger partial charge in [0.1, 0.15) is 16.4 Å². The summed E-state index contributed by atoms with van der Waals surface area (Å²) >= 11 is 20.9. The third kappa shape index (κ3) is 3.32. The lowest BCUT2D eigenvalue weighted by Gasteiger charge is -2.54. The minimum Gasteiger partial charge on any atom is -0.457 e. The van der Waals surface area contributed by atoms with Gasteiger partial charge < -0.3 is 4.74 Å². The van der Waals surface area contributed by atoms with Crippen LogP contribution in [-0.2, 0) is 30.7 Å². The van der Waals surface area contributed by atoms with E-state index in [2.05, 4.69) is 0 Å². The van der Waals surface area contributed by atoms with E-state index in [1.165, 1.54) is 6.07 Å². The van der Waals surface area contributed by atoms with Gasteiger partial charge in [0.05, 0.1) is 23.1 Å². The lowest BCUT2D eigenvalue weighted by molar-refractivity contribution is -0.122. The highest BCUT2D eigenvalue weighted by atomic mass is 35.5. The largest absolute Gasteiger partial charge is 0.457 e. The second kappa shape index (κ2) is 8.93. The van der Waals surface area contributed by atoms with Crippen LogP contribution in [0.1, 0.15) is 38.2 Å². The monoisotopic (exact) mass is 587 g/mol. The molecule has 8 rings (SSSR count). The molecule has 40 heavy (non-hydrogen) atoms. The van der Waals surface area contributed by atoms with E-state index in [1.54, 1.807) is 42.5 Å². The SMILES string of the molecule is O=C(OCc1ccc(Cl)cc1)c1cccc(N2C(=O)[C@H]3[C@H](C2=O)C2(Cl)c4ccccc4C3(Cl)c3ccccc32)c1. The first kappa shape index (κ1) is 25.3. The number of hydrogen-bond acceptors (Lipinski definition) is 4. The normalized spacial score (nSPS) is 25.8. The predicted octanol–water partition coefficient (Wildman–Crippen LogP) is 6.79. The first-order valence-corrected chi connectivity index (χ1v) is 13.9. The second-order valence-electron chi connectivity index (χ2n) is 10.2. The molecule has 1 saturated heterocycles. The Hall–Kier alpha value is -3.64. The number of rotatable bonds is 4. The zero-order chi connectivity index (χ0) is 27.8. The van der Waals surface area contributed by atoms with Crippen LogP contribution in [-0.4, -0.2) is 17.8 Å². The van der Waals surface area contributed by atoms with E-state index in [0.29, 0.717) is 5.02 Å². The summed E-state index contributed by atoms with van der Waals surface area (Å²) in [7, 11) is 0. The number of imide groups is 1. The minimum atomic E-state index is -1.27. The van der Waals surface area contributed by atoms with E-state index < -0.39 is 39.4 Å². The van der Waals surface area contributed by atoms with Crippen LogP contribution in [0.3, 0.4) is 0 Å². The van der Waals surface area contributed by atoms with Crippen molar-refractivity contribution in [1.29, 1.82) is 0 Å². The Bertz CT molecular complexity index is 1610. The van der Waals surface area contributed by atoms with Gasteiger partial charge in [0.15, 0.2) is 0 Å². The van der Waals surface area contributed by atoms with Crippen molar-refractivity contribution in [3.63, 3.8) is 0 Å². The van der Waals surface area contributed by atoms with E-state index in [9.17, 15) is 14.4 Å². The Kier molecular flexibility index (Phi) is 5.66. The average molecular weight is 589 g/mol. The molecule has 1 heterocycles. The summed E-state index contributed by atoms with van der Waals surface area (Å²) in [5.74, 6) is -3.35. The molecule has 0 aromatic heterocycles. The van der Waals surface area contributed by atoms with E-state index >= 15 is 0 Å². The molecular formula is C32H20Cl3NO4. The molecule has 1 aliphatic heterocycles. The van der Waals surface area contributed by atoms with Crippen molar-refractivity contribution >= 4 is 58.3 Å². The molecule has 0 N–H and O–H groups in total. The number of anilines is 1. The molecule has 8 heteroatoms. The number of esters is 1. The Balaban J connectivity index is 1.27. The van der Waals surface area contributed by atoms with Crippen molar-refractivity contribution in [3.8, 4) is 0 Å². The van der Waals surface area contributed by atoms with Gasteiger partial charge in [-0.1, -0.05) is 78.3 Å². The van der Waals surface area contributed by atoms with Crippen molar-refractivity contribution in [2.75, 3.05) is 4.90 Å². The quantitative estimate of drug-likeness (QED) is 0.150. The number of halogens is 3. The molecule has 0 unspecified atom stereocenters. The molecule has 2 bridgehead atoms. The minimum absolute atomic E-state index is 0.0476. The number of benzene rings is 4. The van der Waals surface area contributed by atoms with Gasteiger partial charge in [-0.2, -0.15) is 0 Å². The molecule has 4 aromatic carbocycles. The van der Waals surface area contributed by atoms with Gasteiger partial charge in [-0.15, -0.1) is 23.2 Å². The third-order valence-corrected chi connectivity index (χ3v) is 9.75. The highest BCUT2D eigenvalue weighted by Crippen LogP contribution is 2.69. The molecule has 4 aliphatic rings. The number of alkyl halides is 2. The van der Waals surface area contributed by atoms with Gasteiger partial charge in [-0.25, -0.2) is 9.69 Å². The summed E-state index contributed by atoms with van der Waals surface area (Å²) in [5, 5.41) is 0.584. The van der Waals surface area contributed by atoms with E-state index in [-0.39, 0.29) is 17.9 Å². The van der Waals surface area contributed by atoms with Crippen LogP contribution in [0.25, 0.3) is 0 Å². The zero-order valence-electron chi connectivity index (χ0n) is 20.8. The summed E-state index contributed by atoms with van der Waals surface area (Å²) in [6.45, 7) is 0.0476. The third-order valence-electron chi connectivity index (χ3n) is 8.21. The molecule has 0 spiro atoms. The maximum atomic E-state index is 14.2. The van der Waals surface area contributed by atoms with Gasteiger partial charge in [0, 0.05) is 5.02 Å². The fraction of sp³-hybridized carbons (Fsp3) is 0.156. The smallest absolute Gasteiger partial charge is 0.338 e. The number of ether oxygens (including phenoxy) is 1. The van der Waals surface area contributed by atoms with Crippen LogP contribution >= 0.6 is 34.8 Å². The molecule has 2 atom stereocenters. The fourth-order valence-corrected chi connectivity index (χ4v) is 7.73. The summed E-state index contributed by atoms with van der Waals surface area (Å²) < 4.78 is 5.47. The summed E-state index contributed by atoms with van der Waals surface area (Å²) in [6, 6.07) is 28.2. The molecule has 0 saturated carbocycles. The predicted molar refractivity (Wildman–Crippen MR) is 153 cm³/mol. The molecule has 0 radical (unpaired) electrons. The Morgan fingerprint density at radius 3 is 1.73 bits per heavy atom. The van der Waals surface area contributed by atoms with Crippen LogP contribution < -0.4 is 4.90 Å². The van der Waals surface area contributed by atoms with E-state index in [4.69, 9.17) is 39.5 Å². The van der Waals surface area contributed by atoms with Gasteiger partial charge in [0.2, 0.25) is 11.8 Å². The van der Waals surface area contributed by atoms with Crippen molar-refractivity contribution in [2.45, 2.75) is 16.4 Å². The first-order valence-electron chi connectivity index (χ1n) is 12.7. The van der Waals surface area contributed by atoms with Crippen LogP contribution in [0.4, 0.5) is 5.69 Å². The lowest BCUT2D eigenvalue weighted by atomic mass is 9.54. The Morgan fingerprint density at radius 2 is 1.23 bits per heavy atom. The van der Waals surface area contributed by atoms with Gasteiger partial charge in [-0.3, -0.25) is 9.59 Å². The van der Waals surface area contributed by atoms with Gasteiger partial charge in [0.25, 0.3) is 0 Å². The summed E-state index contributed by atoms with van der Waals surface area (Å²) in [6.07, 6.45) is 0. The van der Waals surface area contributed by atoms with Crippen molar-refractivity contribution in [2.24, 2.45) is 11.8 Å². The van der Waals surface area contributed by atoms with E-state index in [1.807, 2.05) is 48.5 Å². The highest BCUT2D eigenvalue weighted by Gasteiger charge is 2.73. The first-order chi connectivity index (χ1) is 19.3. The number of carbonyl (C=O) groups excluding carboxylic acids is 3. The molecule has 198 valence electrons. The molecule has 4 aromatic rings. The number of carbonyl (C=O) groups is 3. The molecular weight excluding hydrogens is 569 g/mol. The maximum Gasteiger partial charge on any atom is 0.338 e. The van der Waals surface area contributed by atoms with Crippen LogP contribution in [0.2, 0.25) is 5.02 Å². The molecule has 3 aliphatic carbocycles. The molecule has 1 fully saturated rings. The van der Waals surface area contributed by atoms with Crippen molar-refractivity contribution < 1.29 is 19.1 Å². The maximum absolute atomic E-state index is 14.2. The van der Waals surface area contributed by atoms with Crippen LogP contribution in [0.15, 0.2) is 97.1 Å². The standard InChI is InChI=1S/C32H20Cl3NO4/c33-20-14-12-18(13-15-20)17-40-30(39)19-6-5-7-21(16-19)36-28(37)26-27(29(36)38)32(35)23-9-2-1-8-22(23)31(26,34)24-10-3-4-11-25(24)32/h1-16,26-27H,17H2/t26-,27-,31?,32?/m1/s1. The summed E-state index contributed by atoms with van der Waals surface area (Å²) in [4.78, 5) is 39.8. The van der Waals surface area contributed by atoms with Gasteiger partial charge >= 0.3 is 5.97 Å². The Labute approximate surface area is 245 Å². The zero-order valence-corrected chi connectivity index (χ0v) is 23.1. The number of amides is 2. The molecule has 5 nitrogen and oxygen atoms in total. The highest BCUT2D eigenvalue weighted by molar-refractivity contribution is 6.38. The molecule has 2 amide bonds. The summed E-state index contributed by atoms with van der Waals surface area (Å²) in [5.41, 5.74) is 4.17. The van der Waals surface area contributed by atoms with Crippen molar-refractivity contribution in [1.82, 2.24) is 0 Å². The van der Waals surface area contributed by atoms with Crippen LogP contribution in [0, 0.1) is 11.8 Å². The Morgan fingerprint density at radius 1 is 0.725 bits per heavy atom. The fourth-order valence-electron chi connectivity index (χ4n) is 6.51. The van der Waals surface area contributed by atoms with Crippen molar-refractivity contribution in [3.05, 3.63) is 135 Å². The topological polar surface area (TPSA) is 63.7 Å². The average Bonchev–Trinajstić information content (AvgIpc) is 3.26. The number of nitrogens with zero attached hydrogens (tertiary/aromatic N) is 1. The lowest BCUT2D eigenvalue weighted by Crippen LogP contribution is -2.57. The van der Waals surface area contributed by atoms with E-state index in [0.717, 1.165) is 32.7 Å².